The average molecular weight is 412 g/mol. The third kappa shape index (κ3) is 4.36. The van der Waals surface area contributed by atoms with Crippen molar-refractivity contribution in [2.24, 2.45) is 0 Å². The van der Waals surface area contributed by atoms with Crippen molar-refractivity contribution in [1.29, 1.82) is 0 Å². The van der Waals surface area contributed by atoms with E-state index in [1.54, 1.807) is 0 Å². The molecule has 6 nitrogen and oxygen atoms in total. The number of hydrogen-bond acceptors (Lipinski definition) is 6. The van der Waals surface area contributed by atoms with Gasteiger partial charge in [0.25, 0.3) is 0 Å². The molecule has 0 atom stereocenters. The molecule has 2 heterocycles. The SMILES string of the molecule is CCCCNc1ncc2c(-c3ccc(N)cc3)cn(C3CCC(OS)CC3)c2n1. The van der Waals surface area contributed by atoms with E-state index in [1.165, 1.54) is 0 Å². The molecule has 154 valence electrons. The van der Waals surface area contributed by atoms with E-state index >= 15 is 0 Å². The van der Waals surface area contributed by atoms with E-state index in [9.17, 15) is 0 Å². The lowest BCUT2D eigenvalue weighted by molar-refractivity contribution is 0.162. The van der Waals surface area contributed by atoms with Crippen LogP contribution in [-0.4, -0.2) is 27.2 Å². The van der Waals surface area contributed by atoms with Gasteiger partial charge in [-0.3, -0.25) is 0 Å². The number of aromatic nitrogens is 3. The predicted molar refractivity (Wildman–Crippen MR) is 122 cm³/mol. The fourth-order valence-corrected chi connectivity index (χ4v) is 4.30. The van der Waals surface area contributed by atoms with E-state index in [0.717, 1.165) is 72.9 Å². The van der Waals surface area contributed by atoms with Gasteiger partial charge in [0.15, 0.2) is 0 Å². The first-order valence-electron chi connectivity index (χ1n) is 10.5. The van der Waals surface area contributed by atoms with E-state index < -0.39 is 0 Å². The second kappa shape index (κ2) is 9.05. The van der Waals surface area contributed by atoms with Crippen molar-refractivity contribution in [3.63, 3.8) is 0 Å². The van der Waals surface area contributed by atoms with Gasteiger partial charge in [0.2, 0.25) is 5.95 Å². The third-order valence-electron chi connectivity index (χ3n) is 5.79. The maximum Gasteiger partial charge on any atom is 0.224 e. The summed E-state index contributed by atoms with van der Waals surface area (Å²) in [6.45, 7) is 3.07. The third-order valence-corrected chi connectivity index (χ3v) is 6.09. The summed E-state index contributed by atoms with van der Waals surface area (Å²) in [6, 6.07) is 8.41. The van der Waals surface area contributed by atoms with Gasteiger partial charge in [0.1, 0.15) is 5.65 Å². The summed E-state index contributed by atoms with van der Waals surface area (Å²) in [4.78, 5) is 9.47. The summed E-state index contributed by atoms with van der Waals surface area (Å²) < 4.78 is 7.60. The van der Waals surface area contributed by atoms with Crippen LogP contribution in [0.1, 0.15) is 51.5 Å². The molecule has 0 aliphatic heterocycles. The highest BCUT2D eigenvalue weighted by Gasteiger charge is 2.25. The zero-order valence-corrected chi connectivity index (χ0v) is 17.7. The molecular formula is C22H29N5OS. The summed E-state index contributed by atoms with van der Waals surface area (Å²) in [5, 5.41) is 4.43. The van der Waals surface area contributed by atoms with E-state index in [4.69, 9.17) is 14.9 Å². The number of benzene rings is 1. The number of thiol groups is 1. The van der Waals surface area contributed by atoms with Crippen LogP contribution in [0.5, 0.6) is 0 Å². The normalized spacial score (nSPS) is 19.5. The molecule has 3 N–H and O–H groups in total. The Morgan fingerprint density at radius 1 is 1.21 bits per heavy atom. The minimum absolute atomic E-state index is 0.244. The van der Waals surface area contributed by atoms with Gasteiger partial charge in [-0.1, -0.05) is 25.5 Å². The van der Waals surface area contributed by atoms with Crippen molar-refractivity contribution >= 4 is 35.6 Å². The number of nitrogens with one attached hydrogen (secondary N) is 1. The summed E-state index contributed by atoms with van der Waals surface area (Å²) in [5.41, 5.74) is 9.92. The number of nitrogens with zero attached hydrogens (tertiary/aromatic N) is 3. The van der Waals surface area contributed by atoms with Crippen LogP contribution >= 0.6 is 12.9 Å². The highest BCUT2D eigenvalue weighted by atomic mass is 32.1. The predicted octanol–water partition coefficient (Wildman–Crippen LogP) is 5.24. The average Bonchev–Trinajstić information content (AvgIpc) is 3.13. The van der Waals surface area contributed by atoms with Crippen LogP contribution in [0.3, 0.4) is 0 Å². The maximum absolute atomic E-state index is 5.89. The van der Waals surface area contributed by atoms with Crippen molar-refractivity contribution in [3.05, 3.63) is 36.7 Å². The second-order valence-electron chi connectivity index (χ2n) is 7.82. The van der Waals surface area contributed by atoms with Crippen LogP contribution in [0.25, 0.3) is 22.2 Å². The molecule has 0 radical (unpaired) electrons. The standard InChI is InChI=1S/C22H29N5OS/c1-2-3-12-24-22-25-13-19-20(15-4-6-16(23)7-5-15)14-27(21(19)26-22)17-8-10-18(28-29)11-9-17/h4-7,13-14,17-18,29H,2-3,8-12,23H2,1H3,(H,24,25,26). The van der Waals surface area contributed by atoms with E-state index in [-0.39, 0.29) is 6.10 Å². The number of unbranched alkanes of at least 4 members (excludes halogenated alkanes) is 1. The summed E-state index contributed by atoms with van der Waals surface area (Å²) in [6.07, 6.45) is 10.8. The van der Waals surface area contributed by atoms with Crippen molar-refractivity contribution < 1.29 is 4.18 Å². The molecule has 1 fully saturated rings. The molecule has 1 aromatic carbocycles. The zero-order valence-electron chi connectivity index (χ0n) is 16.8. The molecule has 2 aromatic heterocycles. The lowest BCUT2D eigenvalue weighted by Gasteiger charge is -2.28. The minimum Gasteiger partial charge on any atom is -0.399 e. The Morgan fingerprint density at radius 3 is 2.66 bits per heavy atom. The Hall–Kier alpha value is -2.25. The van der Waals surface area contributed by atoms with E-state index in [1.807, 2.05) is 18.3 Å². The number of hydrogen-bond donors (Lipinski definition) is 3. The summed E-state index contributed by atoms with van der Waals surface area (Å²) in [7, 11) is 0. The van der Waals surface area contributed by atoms with E-state index in [0.29, 0.717) is 12.0 Å². The van der Waals surface area contributed by atoms with Gasteiger partial charge in [-0.25, -0.2) is 4.98 Å². The van der Waals surface area contributed by atoms with Gasteiger partial charge >= 0.3 is 0 Å². The molecule has 0 amide bonds. The monoisotopic (exact) mass is 411 g/mol. The molecule has 0 bridgehead atoms. The van der Waals surface area contributed by atoms with Crippen molar-refractivity contribution in [3.8, 4) is 11.1 Å². The Kier molecular flexibility index (Phi) is 6.25. The smallest absolute Gasteiger partial charge is 0.224 e. The maximum atomic E-state index is 5.89. The highest BCUT2D eigenvalue weighted by molar-refractivity contribution is 7.75. The van der Waals surface area contributed by atoms with Gasteiger partial charge in [0, 0.05) is 41.6 Å². The Labute approximate surface area is 177 Å². The molecule has 4 rings (SSSR count). The first-order chi connectivity index (χ1) is 14.2. The highest BCUT2D eigenvalue weighted by Crippen LogP contribution is 2.37. The van der Waals surface area contributed by atoms with Gasteiger partial charge < -0.3 is 19.8 Å². The Bertz CT molecular complexity index is 948. The molecule has 1 saturated carbocycles. The minimum atomic E-state index is 0.244. The second-order valence-corrected chi connectivity index (χ2v) is 8.03. The molecule has 1 aliphatic rings. The largest absolute Gasteiger partial charge is 0.399 e. The molecule has 0 saturated heterocycles. The van der Waals surface area contributed by atoms with Crippen molar-refractivity contribution in [1.82, 2.24) is 14.5 Å². The van der Waals surface area contributed by atoms with Gasteiger partial charge in [-0.15, -0.1) is 0 Å². The van der Waals surface area contributed by atoms with Crippen LogP contribution in [0.2, 0.25) is 0 Å². The van der Waals surface area contributed by atoms with Gasteiger partial charge in [0.05, 0.1) is 6.10 Å². The van der Waals surface area contributed by atoms with Crippen molar-refractivity contribution in [2.45, 2.75) is 57.6 Å². The molecular weight excluding hydrogens is 382 g/mol. The summed E-state index contributed by atoms with van der Waals surface area (Å²) >= 11 is 4.01. The first kappa shape index (κ1) is 20.0. The quantitative estimate of drug-likeness (QED) is 0.215. The summed E-state index contributed by atoms with van der Waals surface area (Å²) in [5.74, 6) is 0.696. The number of nitrogen functional groups attached to an aromatic ring is 1. The van der Waals surface area contributed by atoms with Crippen LogP contribution in [0.4, 0.5) is 11.6 Å². The molecule has 0 unspecified atom stereocenters. The lowest BCUT2D eigenvalue weighted by atomic mass is 9.93. The number of anilines is 2. The molecule has 1 aliphatic carbocycles. The van der Waals surface area contributed by atoms with Gasteiger partial charge in [-0.2, -0.15) is 4.98 Å². The molecule has 3 aromatic rings. The topological polar surface area (TPSA) is 78.0 Å². The number of nitrogens with two attached hydrogens (primary N) is 1. The van der Waals surface area contributed by atoms with Crippen LogP contribution in [-0.2, 0) is 4.18 Å². The van der Waals surface area contributed by atoms with E-state index in [2.05, 4.69) is 53.0 Å². The zero-order chi connectivity index (χ0) is 20.2. The number of fused-ring (bicyclic) bond motifs is 1. The van der Waals surface area contributed by atoms with Gasteiger partial charge in [-0.05, 0) is 62.7 Å². The molecule has 0 spiro atoms. The Morgan fingerprint density at radius 2 is 1.97 bits per heavy atom. The van der Waals surface area contributed by atoms with Crippen molar-refractivity contribution in [2.75, 3.05) is 17.6 Å². The van der Waals surface area contributed by atoms with Crippen LogP contribution < -0.4 is 11.1 Å². The molecule has 7 heteroatoms. The fourth-order valence-electron chi connectivity index (χ4n) is 4.09. The molecule has 29 heavy (non-hydrogen) atoms. The van der Waals surface area contributed by atoms with Crippen LogP contribution in [0.15, 0.2) is 36.7 Å². The first-order valence-corrected chi connectivity index (χ1v) is 10.8. The van der Waals surface area contributed by atoms with Crippen LogP contribution in [0, 0.1) is 0 Å². The number of rotatable bonds is 7. The lowest BCUT2D eigenvalue weighted by Crippen LogP contribution is -2.21. The fraction of sp³-hybridized carbons (Fsp3) is 0.455. The Balaban J connectivity index is 1.73.